The first-order chi connectivity index (χ1) is 23.9. The van der Waals surface area contributed by atoms with Crippen molar-refractivity contribution in [2.24, 2.45) is 0 Å². The van der Waals surface area contributed by atoms with Crippen LogP contribution in [-0.4, -0.2) is 58.6 Å². The van der Waals surface area contributed by atoms with Gasteiger partial charge in [0.1, 0.15) is 16.9 Å². The molecular weight excluding hydrogens is 718 g/mol. The number of carbonyl (C=O) groups is 3. The molecular formula is C39H56ClN5O5S2. The summed E-state index contributed by atoms with van der Waals surface area (Å²) in [6.45, 7) is 19.9. The summed E-state index contributed by atoms with van der Waals surface area (Å²) in [5, 5.41) is 5.67. The number of alkyl carbamates (subject to hydrolysis) is 2. The summed E-state index contributed by atoms with van der Waals surface area (Å²) in [5.74, 6) is 0. The van der Waals surface area contributed by atoms with Gasteiger partial charge in [0.15, 0.2) is 6.29 Å². The quantitative estimate of drug-likeness (QED) is 0.161. The molecule has 13 heteroatoms. The standard InChI is InChI=1S/C19H27N3O2S.C17H20N2O3S.C3H8.ClH/c1-13(21-18(23)24-19(2,3)4)14-7-9-15(10-8-14)17-16(11-22(5)6)20-12-25-17;1-11(19-16(21)22-17(2,3)4)12-5-7-13(8-6-12)15-14(9-20)18-10-23-15;1-3-2;/h7-10,12-13H,11H2,1-6H3,(H,21,23);5-11H,1-4H3,(H,19,21);3H2,1-2H3;1H/t13-;11-;;/m00../s1. The van der Waals surface area contributed by atoms with Gasteiger partial charge in [-0.15, -0.1) is 35.1 Å². The van der Waals surface area contributed by atoms with Gasteiger partial charge in [-0.2, -0.15) is 0 Å². The predicted octanol–water partition coefficient (Wildman–Crippen LogP) is 10.5. The molecule has 2 aromatic heterocycles. The molecule has 0 saturated heterocycles. The minimum Gasteiger partial charge on any atom is -0.444 e. The van der Waals surface area contributed by atoms with Crippen molar-refractivity contribution >= 4 is 53.6 Å². The Bertz CT molecular complexity index is 1660. The monoisotopic (exact) mass is 773 g/mol. The van der Waals surface area contributed by atoms with E-state index in [9.17, 15) is 14.4 Å². The van der Waals surface area contributed by atoms with Gasteiger partial charge in [0.05, 0.1) is 38.6 Å². The average Bonchev–Trinajstić information content (AvgIpc) is 3.69. The van der Waals surface area contributed by atoms with Crippen molar-refractivity contribution in [1.29, 1.82) is 0 Å². The van der Waals surface area contributed by atoms with Gasteiger partial charge in [0, 0.05) is 6.54 Å². The number of aldehydes is 1. The lowest BCUT2D eigenvalue weighted by Gasteiger charge is -2.22. The molecule has 2 N–H and O–H groups in total. The maximum Gasteiger partial charge on any atom is 0.408 e. The molecule has 0 aliphatic heterocycles. The van der Waals surface area contributed by atoms with Gasteiger partial charge in [-0.3, -0.25) is 4.79 Å². The summed E-state index contributed by atoms with van der Waals surface area (Å²) in [4.78, 5) is 47.3. The fraction of sp³-hybridized carbons (Fsp3) is 0.462. The molecule has 2 amide bonds. The normalized spacial score (nSPS) is 12.1. The molecule has 4 rings (SSSR count). The highest BCUT2D eigenvalue weighted by Crippen LogP contribution is 2.30. The number of rotatable bonds is 9. The van der Waals surface area contributed by atoms with E-state index >= 15 is 0 Å². The number of nitrogens with one attached hydrogen (secondary N) is 2. The SMILES string of the molecule is CCC.C[C@H](NC(=O)OC(C)(C)C)c1ccc(-c2scnc2C=O)cc1.C[C@H](NC(=O)OC(C)(C)C)c1ccc(-c2scnc2CN(C)C)cc1.Cl. The van der Waals surface area contributed by atoms with Crippen molar-refractivity contribution in [3.05, 3.63) is 82.1 Å². The Morgan fingerprint density at radius 2 is 1.13 bits per heavy atom. The van der Waals surface area contributed by atoms with Crippen LogP contribution >= 0.6 is 35.1 Å². The van der Waals surface area contributed by atoms with E-state index in [0.717, 1.165) is 45.7 Å². The molecule has 2 heterocycles. The molecule has 0 unspecified atom stereocenters. The molecule has 0 aliphatic rings. The van der Waals surface area contributed by atoms with Crippen LogP contribution in [-0.2, 0) is 16.0 Å². The van der Waals surface area contributed by atoms with Gasteiger partial charge in [0.25, 0.3) is 0 Å². The Morgan fingerprint density at radius 3 is 1.52 bits per heavy atom. The van der Waals surface area contributed by atoms with Crippen LogP contribution in [0.1, 0.15) is 115 Å². The number of halogens is 1. The summed E-state index contributed by atoms with van der Waals surface area (Å²) in [5.41, 5.74) is 8.12. The molecule has 2 aromatic carbocycles. The second kappa shape index (κ2) is 21.6. The van der Waals surface area contributed by atoms with Crippen LogP contribution in [0.5, 0.6) is 0 Å². The third kappa shape index (κ3) is 16.2. The van der Waals surface area contributed by atoms with Gasteiger partial charge in [-0.05, 0) is 91.7 Å². The van der Waals surface area contributed by atoms with Crippen molar-refractivity contribution in [3.63, 3.8) is 0 Å². The van der Waals surface area contributed by atoms with Crippen LogP contribution in [0.15, 0.2) is 59.6 Å². The lowest BCUT2D eigenvalue weighted by molar-refractivity contribution is 0.0496. The highest BCUT2D eigenvalue weighted by molar-refractivity contribution is 7.13. The zero-order valence-corrected chi connectivity index (χ0v) is 35.0. The van der Waals surface area contributed by atoms with E-state index in [-0.39, 0.29) is 24.5 Å². The van der Waals surface area contributed by atoms with E-state index in [1.54, 1.807) is 16.8 Å². The second-order valence-corrected chi connectivity index (χ2v) is 15.9. The van der Waals surface area contributed by atoms with E-state index in [0.29, 0.717) is 5.69 Å². The van der Waals surface area contributed by atoms with Crippen molar-refractivity contribution in [3.8, 4) is 20.9 Å². The first kappa shape index (κ1) is 46.2. The van der Waals surface area contributed by atoms with E-state index < -0.39 is 23.4 Å². The van der Waals surface area contributed by atoms with E-state index in [1.807, 2.05) is 111 Å². The molecule has 2 atom stereocenters. The first-order valence-corrected chi connectivity index (χ1v) is 18.8. The molecule has 4 aromatic rings. The van der Waals surface area contributed by atoms with Crippen LogP contribution in [0, 0.1) is 0 Å². The molecule has 0 bridgehead atoms. The number of carbonyl (C=O) groups excluding carboxylic acids is 3. The lowest BCUT2D eigenvalue weighted by Crippen LogP contribution is -2.34. The van der Waals surface area contributed by atoms with Crippen LogP contribution in [0.25, 0.3) is 20.9 Å². The van der Waals surface area contributed by atoms with Gasteiger partial charge >= 0.3 is 12.2 Å². The Kier molecular flexibility index (Phi) is 19.2. The van der Waals surface area contributed by atoms with Crippen LogP contribution in [0.3, 0.4) is 0 Å². The summed E-state index contributed by atoms with van der Waals surface area (Å²) < 4.78 is 10.6. The van der Waals surface area contributed by atoms with E-state index in [1.165, 1.54) is 22.6 Å². The lowest BCUT2D eigenvalue weighted by atomic mass is 10.0. The minimum absolute atomic E-state index is 0. The minimum atomic E-state index is -0.523. The van der Waals surface area contributed by atoms with E-state index in [2.05, 4.69) is 51.5 Å². The molecule has 0 saturated carbocycles. The largest absolute Gasteiger partial charge is 0.444 e. The molecule has 286 valence electrons. The summed E-state index contributed by atoms with van der Waals surface area (Å²) >= 11 is 3.07. The van der Waals surface area contributed by atoms with Crippen LogP contribution < -0.4 is 10.6 Å². The number of aromatic nitrogens is 2. The Balaban J connectivity index is 0.000000476. The van der Waals surface area contributed by atoms with Gasteiger partial charge in [-0.1, -0.05) is 68.8 Å². The predicted molar refractivity (Wildman–Crippen MR) is 217 cm³/mol. The summed E-state index contributed by atoms with van der Waals surface area (Å²) in [7, 11) is 4.08. The number of amides is 2. The summed E-state index contributed by atoms with van der Waals surface area (Å²) in [6.07, 6.45) is 1.16. The first-order valence-electron chi connectivity index (χ1n) is 17.0. The third-order valence-electron chi connectivity index (χ3n) is 6.63. The fourth-order valence-corrected chi connectivity index (χ4v) is 6.03. The zero-order chi connectivity index (χ0) is 38.4. The van der Waals surface area contributed by atoms with Crippen molar-refractivity contribution in [1.82, 2.24) is 25.5 Å². The second-order valence-electron chi connectivity index (χ2n) is 14.2. The highest BCUT2D eigenvalue weighted by Gasteiger charge is 2.20. The number of hydrogen-bond donors (Lipinski definition) is 2. The van der Waals surface area contributed by atoms with Gasteiger partial charge < -0.3 is 25.0 Å². The Hall–Kier alpha value is -3.84. The van der Waals surface area contributed by atoms with Crippen molar-refractivity contribution < 1.29 is 23.9 Å². The van der Waals surface area contributed by atoms with Gasteiger partial charge in [-0.25, -0.2) is 19.6 Å². The third-order valence-corrected chi connectivity index (χ3v) is 8.44. The smallest absolute Gasteiger partial charge is 0.408 e. The Morgan fingerprint density at radius 1 is 0.750 bits per heavy atom. The topological polar surface area (TPSA) is 123 Å². The van der Waals surface area contributed by atoms with Crippen molar-refractivity contribution in [2.45, 2.75) is 105 Å². The van der Waals surface area contributed by atoms with Crippen molar-refractivity contribution in [2.75, 3.05) is 14.1 Å². The van der Waals surface area contributed by atoms with Crippen LogP contribution in [0.2, 0.25) is 0 Å². The average molecular weight is 774 g/mol. The number of nitrogens with zero attached hydrogens (tertiary/aromatic N) is 3. The fourth-order valence-electron chi connectivity index (χ4n) is 4.45. The Labute approximate surface area is 324 Å². The molecule has 0 fully saturated rings. The molecule has 52 heavy (non-hydrogen) atoms. The highest BCUT2D eigenvalue weighted by atomic mass is 35.5. The molecule has 0 radical (unpaired) electrons. The number of benzene rings is 2. The number of ether oxygens (including phenoxy) is 2. The van der Waals surface area contributed by atoms with Gasteiger partial charge in [0.2, 0.25) is 0 Å². The molecule has 0 spiro atoms. The molecule has 10 nitrogen and oxygen atoms in total. The van der Waals surface area contributed by atoms with Crippen LogP contribution in [0.4, 0.5) is 9.59 Å². The maximum absolute atomic E-state index is 11.9. The van der Waals surface area contributed by atoms with E-state index in [4.69, 9.17) is 9.47 Å². The zero-order valence-electron chi connectivity index (χ0n) is 32.5. The summed E-state index contributed by atoms with van der Waals surface area (Å²) in [6, 6.07) is 15.6. The molecule has 0 aliphatic carbocycles. The number of hydrogen-bond acceptors (Lipinski definition) is 10. The maximum atomic E-state index is 11.9. The number of thiazole rings is 2.